The maximum atomic E-state index is 12.1. The molecule has 1 rings (SSSR count). The molecule has 88 valence electrons. The van der Waals surface area contributed by atoms with Crippen LogP contribution in [0.15, 0.2) is 0 Å². The third-order valence-corrected chi connectivity index (χ3v) is 3.41. The molecule has 0 spiro atoms. The van der Waals surface area contributed by atoms with Crippen LogP contribution in [0.2, 0.25) is 0 Å². The van der Waals surface area contributed by atoms with E-state index in [1.807, 2.05) is 6.92 Å². The van der Waals surface area contributed by atoms with E-state index in [0.717, 1.165) is 38.9 Å². The van der Waals surface area contributed by atoms with Crippen LogP contribution in [-0.2, 0) is 4.79 Å². The predicted molar refractivity (Wildman–Crippen MR) is 62.7 cm³/mol. The molecule has 3 heteroatoms. The molecular formula is C12H24N2O. The topological polar surface area (TPSA) is 32.3 Å². The summed E-state index contributed by atoms with van der Waals surface area (Å²) in [6, 6.07) is 0.470. The first-order valence-corrected chi connectivity index (χ1v) is 6.21. The number of piperidine rings is 1. The molecular weight excluding hydrogens is 188 g/mol. The number of carbonyl (C=O) groups excluding carboxylic acids is 1. The molecule has 3 nitrogen and oxygen atoms in total. The van der Waals surface area contributed by atoms with Crippen molar-refractivity contribution in [3.63, 3.8) is 0 Å². The highest BCUT2D eigenvalue weighted by atomic mass is 16.2. The molecule has 0 aromatic heterocycles. The molecule has 1 unspecified atom stereocenters. The summed E-state index contributed by atoms with van der Waals surface area (Å²) in [6.07, 6.45) is 3.16. The molecule has 0 aromatic carbocycles. The van der Waals surface area contributed by atoms with Crippen LogP contribution in [0, 0.1) is 5.92 Å². The van der Waals surface area contributed by atoms with Gasteiger partial charge in [-0.1, -0.05) is 13.8 Å². The Labute approximate surface area is 93.2 Å². The first-order valence-electron chi connectivity index (χ1n) is 6.21. The number of nitrogens with zero attached hydrogens (tertiary/aromatic N) is 1. The Balaban J connectivity index is 2.56. The lowest BCUT2D eigenvalue weighted by Crippen LogP contribution is -2.47. The van der Waals surface area contributed by atoms with Crippen LogP contribution in [0.4, 0.5) is 0 Å². The molecule has 1 atom stereocenters. The Morgan fingerprint density at radius 2 is 2.00 bits per heavy atom. The zero-order valence-electron chi connectivity index (χ0n) is 10.3. The van der Waals surface area contributed by atoms with Gasteiger partial charge in [0.05, 0.1) is 0 Å². The van der Waals surface area contributed by atoms with Crippen LogP contribution in [-0.4, -0.2) is 36.5 Å². The Kier molecular flexibility index (Phi) is 5.09. The van der Waals surface area contributed by atoms with Crippen molar-refractivity contribution in [1.82, 2.24) is 10.2 Å². The maximum Gasteiger partial charge on any atom is 0.225 e. The third kappa shape index (κ3) is 3.20. The van der Waals surface area contributed by atoms with Gasteiger partial charge in [-0.05, 0) is 39.3 Å². The second kappa shape index (κ2) is 6.11. The second-order valence-corrected chi connectivity index (χ2v) is 4.41. The Bertz CT molecular complexity index is 200. The lowest BCUT2D eigenvalue weighted by Gasteiger charge is -2.35. The summed E-state index contributed by atoms with van der Waals surface area (Å²) in [7, 11) is 0. The fourth-order valence-corrected chi connectivity index (χ4v) is 2.17. The lowest BCUT2D eigenvalue weighted by atomic mass is 10.0. The number of hydrogen-bond donors (Lipinski definition) is 1. The molecule has 0 saturated carbocycles. The van der Waals surface area contributed by atoms with Crippen LogP contribution in [0.5, 0.6) is 0 Å². The average Bonchev–Trinajstić information content (AvgIpc) is 2.30. The molecule has 1 aliphatic heterocycles. The van der Waals surface area contributed by atoms with Gasteiger partial charge in [0.25, 0.3) is 0 Å². The van der Waals surface area contributed by atoms with Crippen LogP contribution < -0.4 is 5.32 Å². The molecule has 1 N–H and O–H groups in total. The molecule has 1 heterocycles. The van der Waals surface area contributed by atoms with E-state index in [9.17, 15) is 4.79 Å². The van der Waals surface area contributed by atoms with Crippen LogP contribution in [0.25, 0.3) is 0 Å². The van der Waals surface area contributed by atoms with Crippen molar-refractivity contribution >= 4 is 5.91 Å². The number of hydrogen-bond acceptors (Lipinski definition) is 2. The summed E-state index contributed by atoms with van der Waals surface area (Å²) in [5.74, 6) is 0.520. The summed E-state index contributed by atoms with van der Waals surface area (Å²) in [4.78, 5) is 14.2. The van der Waals surface area contributed by atoms with Crippen molar-refractivity contribution in [2.24, 2.45) is 5.92 Å². The highest BCUT2D eigenvalue weighted by molar-refractivity contribution is 5.78. The highest BCUT2D eigenvalue weighted by Gasteiger charge is 2.26. The van der Waals surface area contributed by atoms with Crippen LogP contribution >= 0.6 is 0 Å². The quantitative estimate of drug-likeness (QED) is 0.768. The minimum Gasteiger partial charge on any atom is -0.340 e. The SMILES string of the molecule is CCC(C)C(=O)N(CC)C1CCNCC1. The Morgan fingerprint density at radius 3 is 2.47 bits per heavy atom. The number of nitrogens with one attached hydrogen (secondary N) is 1. The molecule has 1 fully saturated rings. The third-order valence-electron chi connectivity index (χ3n) is 3.41. The van der Waals surface area contributed by atoms with Gasteiger partial charge in [-0.3, -0.25) is 4.79 Å². The normalized spacial score (nSPS) is 19.9. The standard InChI is InChI=1S/C12H24N2O/c1-4-10(3)12(15)14(5-2)11-6-8-13-9-7-11/h10-11,13H,4-9H2,1-3H3. The van der Waals surface area contributed by atoms with Gasteiger partial charge < -0.3 is 10.2 Å². The molecule has 0 radical (unpaired) electrons. The van der Waals surface area contributed by atoms with E-state index in [2.05, 4.69) is 24.1 Å². The Hall–Kier alpha value is -0.570. The first-order chi connectivity index (χ1) is 7.20. The first kappa shape index (κ1) is 12.5. The zero-order chi connectivity index (χ0) is 11.3. The van der Waals surface area contributed by atoms with E-state index in [1.54, 1.807) is 0 Å². The molecule has 0 aromatic rings. The minimum absolute atomic E-state index is 0.180. The smallest absolute Gasteiger partial charge is 0.225 e. The minimum atomic E-state index is 0.180. The zero-order valence-corrected chi connectivity index (χ0v) is 10.3. The largest absolute Gasteiger partial charge is 0.340 e. The number of rotatable bonds is 4. The summed E-state index contributed by atoms with van der Waals surface area (Å²) < 4.78 is 0. The van der Waals surface area contributed by atoms with Gasteiger partial charge in [0.15, 0.2) is 0 Å². The van der Waals surface area contributed by atoms with Crippen molar-refractivity contribution in [3.8, 4) is 0 Å². The molecule has 0 bridgehead atoms. The second-order valence-electron chi connectivity index (χ2n) is 4.41. The predicted octanol–water partition coefficient (Wildman–Crippen LogP) is 1.63. The lowest BCUT2D eigenvalue weighted by molar-refractivity contribution is -0.137. The molecule has 15 heavy (non-hydrogen) atoms. The van der Waals surface area contributed by atoms with Gasteiger partial charge in [-0.2, -0.15) is 0 Å². The van der Waals surface area contributed by atoms with Crippen molar-refractivity contribution in [3.05, 3.63) is 0 Å². The molecule has 0 aliphatic carbocycles. The van der Waals surface area contributed by atoms with Gasteiger partial charge in [0.2, 0.25) is 5.91 Å². The van der Waals surface area contributed by atoms with E-state index in [0.29, 0.717) is 11.9 Å². The fraction of sp³-hybridized carbons (Fsp3) is 0.917. The van der Waals surface area contributed by atoms with Gasteiger partial charge in [-0.25, -0.2) is 0 Å². The van der Waals surface area contributed by atoms with E-state index in [1.165, 1.54) is 0 Å². The molecule has 1 aliphatic rings. The number of carbonyl (C=O) groups is 1. The van der Waals surface area contributed by atoms with E-state index in [-0.39, 0.29) is 5.92 Å². The fourth-order valence-electron chi connectivity index (χ4n) is 2.17. The average molecular weight is 212 g/mol. The number of amides is 1. The molecule has 1 saturated heterocycles. The molecule has 1 amide bonds. The van der Waals surface area contributed by atoms with E-state index >= 15 is 0 Å². The van der Waals surface area contributed by atoms with Crippen molar-refractivity contribution in [1.29, 1.82) is 0 Å². The van der Waals surface area contributed by atoms with Gasteiger partial charge in [0.1, 0.15) is 0 Å². The summed E-state index contributed by atoms with van der Waals surface area (Å²) in [5.41, 5.74) is 0. The van der Waals surface area contributed by atoms with Crippen LogP contribution in [0.1, 0.15) is 40.0 Å². The van der Waals surface area contributed by atoms with Crippen LogP contribution in [0.3, 0.4) is 0 Å². The van der Waals surface area contributed by atoms with E-state index < -0.39 is 0 Å². The maximum absolute atomic E-state index is 12.1. The van der Waals surface area contributed by atoms with Crippen molar-refractivity contribution in [2.45, 2.75) is 46.1 Å². The van der Waals surface area contributed by atoms with Gasteiger partial charge in [-0.15, -0.1) is 0 Å². The van der Waals surface area contributed by atoms with Gasteiger partial charge in [0, 0.05) is 18.5 Å². The Morgan fingerprint density at radius 1 is 1.40 bits per heavy atom. The van der Waals surface area contributed by atoms with E-state index in [4.69, 9.17) is 0 Å². The summed E-state index contributed by atoms with van der Waals surface area (Å²) in [5, 5.41) is 3.34. The van der Waals surface area contributed by atoms with Crippen molar-refractivity contribution < 1.29 is 4.79 Å². The summed E-state index contributed by atoms with van der Waals surface area (Å²) >= 11 is 0. The van der Waals surface area contributed by atoms with Crippen molar-refractivity contribution in [2.75, 3.05) is 19.6 Å². The highest BCUT2D eigenvalue weighted by Crippen LogP contribution is 2.16. The monoisotopic (exact) mass is 212 g/mol. The summed E-state index contributed by atoms with van der Waals surface area (Å²) in [6.45, 7) is 9.16. The van der Waals surface area contributed by atoms with Gasteiger partial charge >= 0.3 is 0 Å².